The van der Waals surface area contributed by atoms with Crippen molar-refractivity contribution < 1.29 is 27.4 Å². The highest BCUT2D eigenvalue weighted by Gasteiger charge is 2.40. The average Bonchev–Trinajstić information content (AvgIpc) is 3.29. The van der Waals surface area contributed by atoms with Crippen LogP contribution in [0.5, 0.6) is 0 Å². The topological polar surface area (TPSA) is 126 Å². The number of carbonyl (C=O) groups is 1. The van der Waals surface area contributed by atoms with E-state index in [4.69, 9.17) is 9.47 Å². The van der Waals surface area contributed by atoms with Gasteiger partial charge in [0.15, 0.2) is 5.79 Å². The monoisotopic (exact) mass is 506 g/mol. The first kappa shape index (κ1) is 25.6. The second kappa shape index (κ2) is 11.0. The van der Waals surface area contributed by atoms with Gasteiger partial charge in [0.1, 0.15) is 17.5 Å². The summed E-state index contributed by atoms with van der Waals surface area (Å²) >= 11 is 0. The van der Waals surface area contributed by atoms with Gasteiger partial charge in [0.05, 0.1) is 42.6 Å². The van der Waals surface area contributed by atoms with Crippen LogP contribution in [0, 0.1) is 23.4 Å². The maximum atomic E-state index is 13.4. The van der Waals surface area contributed by atoms with Gasteiger partial charge < -0.3 is 19.8 Å². The van der Waals surface area contributed by atoms with Gasteiger partial charge in [0.25, 0.3) is 5.56 Å². The van der Waals surface area contributed by atoms with Crippen LogP contribution in [0.25, 0.3) is 10.9 Å². The highest BCUT2D eigenvalue weighted by atomic mass is 19.1. The molecule has 1 aliphatic carbocycles. The Bertz CT molecular complexity index is 1340. The van der Waals surface area contributed by atoms with Crippen LogP contribution >= 0.6 is 0 Å². The maximum absolute atomic E-state index is 13.4. The van der Waals surface area contributed by atoms with E-state index >= 15 is 0 Å². The summed E-state index contributed by atoms with van der Waals surface area (Å²) in [5.74, 6) is -2.28. The van der Waals surface area contributed by atoms with Crippen molar-refractivity contribution >= 4 is 16.8 Å². The summed E-state index contributed by atoms with van der Waals surface area (Å²) in [5.41, 5.74) is -0.812. The maximum Gasteiger partial charge on any atom is 0.326 e. The van der Waals surface area contributed by atoms with Crippen LogP contribution in [-0.4, -0.2) is 39.9 Å². The van der Waals surface area contributed by atoms with E-state index in [-0.39, 0.29) is 29.4 Å². The molecule has 1 saturated heterocycles. The van der Waals surface area contributed by atoms with Gasteiger partial charge >= 0.3 is 5.69 Å². The molecule has 5 rings (SSSR count). The van der Waals surface area contributed by atoms with Gasteiger partial charge in [-0.3, -0.25) is 19.6 Å². The highest BCUT2D eigenvalue weighted by molar-refractivity contribution is 5.77. The SMILES string of the molecule is O=C(CC1CCC2(CC1)OCCO2)NCc1ncc(F)cc1F.O=c1[nH]c(=O)c2cc(F)ccc2[nH]1. The summed E-state index contributed by atoms with van der Waals surface area (Å²) in [6, 6.07) is 4.36. The average molecular weight is 506 g/mol. The van der Waals surface area contributed by atoms with Gasteiger partial charge in [-0.25, -0.2) is 18.0 Å². The van der Waals surface area contributed by atoms with E-state index in [1.165, 1.54) is 12.1 Å². The highest BCUT2D eigenvalue weighted by Crippen LogP contribution is 2.39. The van der Waals surface area contributed by atoms with Crippen molar-refractivity contribution in [3.05, 3.63) is 74.4 Å². The van der Waals surface area contributed by atoms with Crippen LogP contribution in [-0.2, 0) is 20.8 Å². The minimum atomic E-state index is -0.750. The minimum Gasteiger partial charge on any atom is -0.350 e. The molecule has 3 heterocycles. The summed E-state index contributed by atoms with van der Waals surface area (Å²) in [4.78, 5) is 41.9. The lowest BCUT2D eigenvalue weighted by Gasteiger charge is -2.35. The molecule has 9 nitrogen and oxygen atoms in total. The lowest BCUT2D eigenvalue weighted by Crippen LogP contribution is -2.36. The Hall–Kier alpha value is -3.51. The van der Waals surface area contributed by atoms with Crippen molar-refractivity contribution in [2.45, 2.75) is 44.4 Å². The molecule has 1 aromatic carbocycles. The van der Waals surface area contributed by atoms with E-state index in [0.29, 0.717) is 25.2 Å². The van der Waals surface area contributed by atoms with Gasteiger partial charge in [0.2, 0.25) is 5.91 Å². The molecule has 36 heavy (non-hydrogen) atoms. The number of ether oxygens (including phenoxy) is 2. The molecule has 0 radical (unpaired) electrons. The molecular formula is C24H25F3N4O5. The van der Waals surface area contributed by atoms with E-state index in [2.05, 4.69) is 15.3 Å². The Morgan fingerprint density at radius 1 is 1.06 bits per heavy atom. The molecule has 3 aromatic rings. The third-order valence-corrected chi connectivity index (χ3v) is 6.19. The van der Waals surface area contributed by atoms with Crippen LogP contribution in [0.2, 0.25) is 0 Å². The Labute approximate surface area is 203 Å². The molecule has 2 fully saturated rings. The molecule has 0 unspecified atom stereocenters. The number of hydrogen-bond acceptors (Lipinski definition) is 6. The summed E-state index contributed by atoms with van der Waals surface area (Å²) < 4.78 is 50.2. The van der Waals surface area contributed by atoms with E-state index in [9.17, 15) is 27.6 Å². The zero-order valence-electron chi connectivity index (χ0n) is 19.2. The fraction of sp³-hybridized carbons (Fsp3) is 0.417. The van der Waals surface area contributed by atoms with E-state index in [0.717, 1.165) is 44.0 Å². The van der Waals surface area contributed by atoms with E-state index in [1.807, 2.05) is 4.98 Å². The zero-order valence-corrected chi connectivity index (χ0v) is 19.2. The summed E-state index contributed by atoms with van der Waals surface area (Å²) in [6.07, 6.45) is 4.68. The molecular weight excluding hydrogens is 481 g/mol. The predicted octanol–water partition coefficient (Wildman–Crippen LogP) is 2.65. The van der Waals surface area contributed by atoms with Crippen LogP contribution < -0.4 is 16.6 Å². The second-order valence-corrected chi connectivity index (χ2v) is 8.71. The third-order valence-electron chi connectivity index (χ3n) is 6.19. The summed E-state index contributed by atoms with van der Waals surface area (Å²) in [5, 5.41) is 2.78. The largest absolute Gasteiger partial charge is 0.350 e. The predicted molar refractivity (Wildman–Crippen MR) is 122 cm³/mol. The number of hydrogen-bond donors (Lipinski definition) is 3. The van der Waals surface area contributed by atoms with Crippen molar-refractivity contribution in [2.75, 3.05) is 13.2 Å². The molecule has 1 saturated carbocycles. The molecule has 2 aromatic heterocycles. The van der Waals surface area contributed by atoms with Crippen LogP contribution in [0.1, 0.15) is 37.8 Å². The van der Waals surface area contributed by atoms with Gasteiger partial charge in [-0.05, 0) is 37.0 Å². The number of amides is 1. The van der Waals surface area contributed by atoms with Crippen molar-refractivity contribution in [1.82, 2.24) is 20.3 Å². The lowest BCUT2D eigenvalue weighted by atomic mass is 9.83. The van der Waals surface area contributed by atoms with Crippen LogP contribution in [0.4, 0.5) is 13.2 Å². The molecule has 0 bridgehead atoms. The first-order valence-electron chi connectivity index (χ1n) is 11.5. The molecule has 192 valence electrons. The number of fused-ring (bicyclic) bond motifs is 1. The molecule has 0 atom stereocenters. The Balaban J connectivity index is 0.000000197. The normalized spacial score (nSPS) is 17.1. The van der Waals surface area contributed by atoms with Gasteiger partial charge in [-0.2, -0.15) is 0 Å². The zero-order chi connectivity index (χ0) is 25.7. The smallest absolute Gasteiger partial charge is 0.326 e. The first-order chi connectivity index (χ1) is 17.2. The molecule has 1 amide bonds. The number of carbonyl (C=O) groups excluding carboxylic acids is 1. The lowest BCUT2D eigenvalue weighted by molar-refractivity contribution is -0.183. The molecule has 3 N–H and O–H groups in total. The molecule has 2 aliphatic rings. The number of H-pyrrole nitrogens is 2. The Morgan fingerprint density at radius 2 is 1.78 bits per heavy atom. The first-order valence-corrected chi connectivity index (χ1v) is 11.5. The van der Waals surface area contributed by atoms with E-state index in [1.54, 1.807) is 0 Å². The fourth-order valence-electron chi connectivity index (χ4n) is 4.33. The van der Waals surface area contributed by atoms with Crippen molar-refractivity contribution in [1.29, 1.82) is 0 Å². The Kier molecular flexibility index (Phi) is 7.85. The number of benzene rings is 1. The number of aromatic nitrogens is 3. The van der Waals surface area contributed by atoms with Crippen molar-refractivity contribution in [3.8, 4) is 0 Å². The number of pyridine rings is 1. The number of rotatable bonds is 4. The van der Waals surface area contributed by atoms with E-state index < -0.39 is 34.5 Å². The van der Waals surface area contributed by atoms with Crippen molar-refractivity contribution in [2.24, 2.45) is 5.92 Å². The van der Waals surface area contributed by atoms with Crippen LogP contribution in [0.3, 0.4) is 0 Å². The number of nitrogens with zero attached hydrogens (tertiary/aromatic N) is 1. The van der Waals surface area contributed by atoms with Gasteiger partial charge in [0, 0.05) is 25.3 Å². The fourth-order valence-corrected chi connectivity index (χ4v) is 4.33. The second-order valence-electron chi connectivity index (χ2n) is 8.71. The summed E-state index contributed by atoms with van der Waals surface area (Å²) in [6.45, 7) is 1.25. The number of nitrogens with one attached hydrogen (secondary N) is 3. The molecule has 12 heteroatoms. The third kappa shape index (κ3) is 6.38. The van der Waals surface area contributed by atoms with Gasteiger partial charge in [-0.1, -0.05) is 0 Å². The Morgan fingerprint density at radius 3 is 2.47 bits per heavy atom. The standard InChI is InChI=1S/C16H20F2N2O3.C8H5FN2O2/c17-12-8-13(18)14(19-9-12)10-20-15(21)7-11-1-3-16(4-2-11)22-5-6-23-16;9-4-1-2-6-5(3-4)7(12)11-8(13)10-6/h8-9,11H,1-7,10H2,(H,20,21);1-3H,(H2,10,11,12,13). The van der Waals surface area contributed by atoms with Crippen molar-refractivity contribution in [3.63, 3.8) is 0 Å². The number of halogens is 3. The molecule has 1 spiro atoms. The molecule has 1 aliphatic heterocycles. The van der Waals surface area contributed by atoms with Gasteiger partial charge in [-0.15, -0.1) is 0 Å². The summed E-state index contributed by atoms with van der Waals surface area (Å²) in [7, 11) is 0. The quantitative estimate of drug-likeness (QED) is 0.500. The van der Waals surface area contributed by atoms with Crippen LogP contribution in [0.15, 0.2) is 40.1 Å². The number of aromatic amines is 2. The minimum absolute atomic E-state index is 0.0339.